The zero-order chi connectivity index (χ0) is 35.4. The van der Waals surface area contributed by atoms with Crippen molar-refractivity contribution in [1.29, 1.82) is 0 Å². The number of benzene rings is 2. The number of carbonyl (C=O) groups is 2. The number of halogens is 8. The molecule has 6 nitrogen and oxygen atoms in total. The molecule has 2 amide bonds. The zero-order valence-corrected chi connectivity index (χ0v) is 28.9. The van der Waals surface area contributed by atoms with Gasteiger partial charge in [-0.3, -0.25) is 14.5 Å². The Morgan fingerprint density at radius 1 is 0.854 bits per heavy atom. The van der Waals surface area contributed by atoms with Crippen LogP contribution in [-0.2, 0) is 28.4 Å². The average molecular weight is 724 g/mol. The minimum absolute atomic E-state index is 0.0474. The van der Waals surface area contributed by atoms with Crippen LogP contribution in [0, 0.1) is 0 Å². The Hall–Kier alpha value is -2.54. The zero-order valence-electron chi connectivity index (χ0n) is 27.4. The Balaban J connectivity index is 1.48. The van der Waals surface area contributed by atoms with Crippen molar-refractivity contribution in [2.75, 3.05) is 60.4 Å². The van der Waals surface area contributed by atoms with Crippen LogP contribution in [0.15, 0.2) is 36.4 Å². The normalized spacial score (nSPS) is 18.4. The van der Waals surface area contributed by atoms with Crippen molar-refractivity contribution in [2.45, 2.75) is 68.8 Å². The van der Waals surface area contributed by atoms with Gasteiger partial charge in [-0.1, -0.05) is 41.8 Å². The minimum Gasteiger partial charge on any atom is -0.347 e. The fourth-order valence-corrected chi connectivity index (χ4v) is 7.23. The van der Waals surface area contributed by atoms with E-state index in [9.17, 15) is 35.9 Å². The van der Waals surface area contributed by atoms with Gasteiger partial charge in [0, 0.05) is 46.7 Å². The number of nitrogens with zero attached hydrogens (tertiary/aromatic N) is 4. The van der Waals surface area contributed by atoms with Gasteiger partial charge in [-0.2, -0.15) is 26.3 Å². The minimum atomic E-state index is -5.07. The van der Waals surface area contributed by atoms with E-state index < -0.39 is 46.9 Å². The summed E-state index contributed by atoms with van der Waals surface area (Å²) in [5.74, 6) is -0.822. The Labute approximate surface area is 287 Å². The highest BCUT2D eigenvalue weighted by molar-refractivity contribution is 6.42. The molecule has 2 saturated heterocycles. The predicted octanol–water partition coefficient (Wildman–Crippen LogP) is 7.61. The molecule has 2 aliphatic heterocycles. The van der Waals surface area contributed by atoms with Gasteiger partial charge in [0.25, 0.3) is 0 Å². The molecule has 14 heteroatoms. The summed E-state index contributed by atoms with van der Waals surface area (Å²) in [7, 11) is 5.05. The quantitative estimate of drug-likeness (QED) is 0.237. The van der Waals surface area contributed by atoms with E-state index in [0.29, 0.717) is 55.0 Å². The van der Waals surface area contributed by atoms with Crippen LogP contribution in [-0.4, -0.2) is 97.4 Å². The van der Waals surface area contributed by atoms with Gasteiger partial charge in [0.15, 0.2) is 0 Å². The van der Waals surface area contributed by atoms with E-state index in [-0.39, 0.29) is 24.4 Å². The van der Waals surface area contributed by atoms with Crippen LogP contribution in [0.1, 0.15) is 66.7 Å². The fourth-order valence-electron chi connectivity index (χ4n) is 6.92. The van der Waals surface area contributed by atoms with E-state index in [4.69, 9.17) is 23.2 Å². The van der Waals surface area contributed by atoms with Gasteiger partial charge in [-0.15, -0.1) is 0 Å². The second-order valence-corrected chi connectivity index (χ2v) is 13.9. The standard InChI is InChI=1S/C34H42Cl2F6N4O2/c1-43(2)31(48)32(46-14-5-4-6-15-46)12-17-45(18-13-32)16-11-25(23-8-10-28(35)29(36)19-23)22-44(3)30(47)20-24-7-9-26(33(37,38)39)21-27(24)34(40,41)42/h7-10,19,21,25H,4-6,11-18,20,22H2,1-3H3. The van der Waals surface area contributed by atoms with Gasteiger partial charge in [-0.05, 0) is 87.1 Å². The lowest BCUT2D eigenvalue weighted by Gasteiger charge is -2.50. The molecular formula is C34H42Cl2F6N4O2. The molecule has 1 atom stereocenters. The molecule has 0 radical (unpaired) electrons. The van der Waals surface area contributed by atoms with Crippen LogP contribution < -0.4 is 0 Å². The molecule has 0 aromatic heterocycles. The number of amides is 2. The van der Waals surface area contributed by atoms with Gasteiger partial charge < -0.3 is 14.7 Å². The molecule has 48 heavy (non-hydrogen) atoms. The Morgan fingerprint density at radius 2 is 1.50 bits per heavy atom. The van der Waals surface area contributed by atoms with Crippen molar-refractivity contribution in [3.05, 3.63) is 68.7 Å². The first-order chi connectivity index (χ1) is 22.4. The number of likely N-dealkylation sites (tertiary alicyclic amines) is 2. The van der Waals surface area contributed by atoms with Crippen molar-refractivity contribution >= 4 is 35.0 Å². The van der Waals surface area contributed by atoms with Gasteiger partial charge in [-0.25, -0.2) is 0 Å². The summed E-state index contributed by atoms with van der Waals surface area (Å²) in [6, 6.07) is 6.47. The molecule has 0 N–H and O–H groups in total. The van der Waals surface area contributed by atoms with Gasteiger partial charge in [0.05, 0.1) is 27.6 Å². The Kier molecular flexibility index (Phi) is 12.4. The molecule has 2 aromatic carbocycles. The van der Waals surface area contributed by atoms with Crippen LogP contribution in [0.2, 0.25) is 10.0 Å². The molecule has 0 aliphatic carbocycles. The summed E-state index contributed by atoms with van der Waals surface area (Å²) in [4.78, 5) is 34.4. The number of likely N-dealkylation sites (N-methyl/N-ethyl adjacent to an activating group) is 2. The summed E-state index contributed by atoms with van der Waals surface area (Å²) in [5, 5.41) is 0.667. The van der Waals surface area contributed by atoms with E-state index in [1.165, 1.54) is 11.9 Å². The maximum absolute atomic E-state index is 13.7. The molecule has 0 spiro atoms. The van der Waals surface area contributed by atoms with Crippen LogP contribution in [0.3, 0.4) is 0 Å². The lowest BCUT2D eigenvalue weighted by molar-refractivity contribution is -0.147. The Bertz CT molecular complexity index is 1440. The van der Waals surface area contributed by atoms with Crippen molar-refractivity contribution in [3.8, 4) is 0 Å². The maximum Gasteiger partial charge on any atom is 0.416 e. The third kappa shape index (κ3) is 9.17. The molecule has 2 fully saturated rings. The number of alkyl halides is 6. The first-order valence-electron chi connectivity index (χ1n) is 16.1. The third-order valence-corrected chi connectivity index (χ3v) is 10.4. The number of carbonyl (C=O) groups excluding carboxylic acids is 2. The SMILES string of the molecule is CN(C)C(=O)C1(N2CCCCC2)CCN(CCC(CN(C)C(=O)Cc2ccc(C(F)(F)F)cc2C(F)(F)F)c2ccc(Cl)c(Cl)c2)CC1. The third-order valence-electron chi connectivity index (χ3n) is 9.66. The second kappa shape index (κ2) is 15.6. The highest BCUT2D eigenvalue weighted by atomic mass is 35.5. The summed E-state index contributed by atoms with van der Waals surface area (Å²) >= 11 is 12.5. The molecule has 2 aromatic rings. The second-order valence-electron chi connectivity index (χ2n) is 13.1. The molecule has 266 valence electrons. The number of hydrogen-bond acceptors (Lipinski definition) is 4. The Morgan fingerprint density at radius 3 is 2.06 bits per heavy atom. The smallest absolute Gasteiger partial charge is 0.347 e. The molecule has 4 rings (SSSR count). The van der Waals surface area contributed by atoms with Crippen LogP contribution in [0.4, 0.5) is 26.3 Å². The molecule has 2 heterocycles. The summed E-state index contributed by atoms with van der Waals surface area (Å²) in [6.07, 6.45) is -5.50. The fraction of sp³-hybridized carbons (Fsp3) is 0.588. The van der Waals surface area contributed by atoms with E-state index in [0.717, 1.165) is 44.0 Å². The van der Waals surface area contributed by atoms with Crippen molar-refractivity contribution in [3.63, 3.8) is 0 Å². The van der Waals surface area contributed by atoms with E-state index in [2.05, 4.69) is 9.80 Å². The van der Waals surface area contributed by atoms with Crippen molar-refractivity contribution < 1.29 is 35.9 Å². The van der Waals surface area contributed by atoms with Crippen LogP contribution in [0.25, 0.3) is 0 Å². The molecule has 2 aliphatic rings. The number of rotatable bonds is 10. The predicted molar refractivity (Wildman–Crippen MR) is 174 cm³/mol. The summed E-state index contributed by atoms with van der Waals surface area (Å²) < 4.78 is 80.7. The monoisotopic (exact) mass is 722 g/mol. The number of hydrogen-bond donors (Lipinski definition) is 0. The van der Waals surface area contributed by atoms with E-state index in [1.807, 2.05) is 0 Å². The van der Waals surface area contributed by atoms with Crippen molar-refractivity contribution in [2.24, 2.45) is 0 Å². The first kappa shape index (κ1) is 38.3. The largest absolute Gasteiger partial charge is 0.416 e. The highest BCUT2D eigenvalue weighted by Gasteiger charge is 2.47. The van der Waals surface area contributed by atoms with E-state index in [1.54, 1.807) is 37.2 Å². The van der Waals surface area contributed by atoms with Gasteiger partial charge in [0.2, 0.25) is 11.8 Å². The lowest BCUT2D eigenvalue weighted by atomic mass is 9.82. The topological polar surface area (TPSA) is 47.1 Å². The molecule has 0 bridgehead atoms. The molecular weight excluding hydrogens is 681 g/mol. The highest BCUT2D eigenvalue weighted by Crippen LogP contribution is 2.38. The first-order valence-corrected chi connectivity index (χ1v) is 16.8. The molecule has 0 saturated carbocycles. The number of piperidine rings is 2. The van der Waals surface area contributed by atoms with Crippen molar-refractivity contribution in [1.82, 2.24) is 19.6 Å². The summed E-state index contributed by atoms with van der Waals surface area (Å²) in [6.45, 7) is 3.96. The average Bonchev–Trinajstić information content (AvgIpc) is 3.03. The van der Waals surface area contributed by atoms with Gasteiger partial charge in [0.1, 0.15) is 5.54 Å². The summed E-state index contributed by atoms with van der Waals surface area (Å²) in [5.41, 5.74) is -3.20. The molecule has 1 unspecified atom stereocenters. The van der Waals surface area contributed by atoms with Crippen LogP contribution >= 0.6 is 23.2 Å². The van der Waals surface area contributed by atoms with Crippen LogP contribution in [0.5, 0.6) is 0 Å². The van der Waals surface area contributed by atoms with Gasteiger partial charge >= 0.3 is 12.4 Å². The van der Waals surface area contributed by atoms with E-state index >= 15 is 0 Å². The maximum atomic E-state index is 13.7. The lowest BCUT2D eigenvalue weighted by Crippen LogP contribution is -2.64.